The van der Waals surface area contributed by atoms with Gasteiger partial charge in [-0.25, -0.2) is 0 Å². The van der Waals surface area contributed by atoms with Gasteiger partial charge in [-0.1, -0.05) is 11.6 Å². The predicted octanol–water partition coefficient (Wildman–Crippen LogP) is 2.98. The van der Waals surface area contributed by atoms with E-state index in [1.165, 1.54) is 11.3 Å². The Morgan fingerprint density at radius 1 is 1.47 bits per heavy atom. The molecule has 0 saturated carbocycles. The van der Waals surface area contributed by atoms with E-state index in [0.717, 1.165) is 10.6 Å². The number of halogens is 1. The molecule has 3 N–H and O–H groups in total. The molecule has 96 valence electrons. The molecule has 1 aromatic carbocycles. The molecule has 0 saturated heterocycles. The third kappa shape index (κ3) is 3.25. The van der Waals surface area contributed by atoms with E-state index >= 15 is 0 Å². The van der Waals surface area contributed by atoms with Crippen molar-refractivity contribution in [1.82, 2.24) is 0 Å². The predicted molar refractivity (Wildman–Crippen MR) is 76.3 cm³/mol. The third-order valence-corrected chi connectivity index (χ3v) is 3.74. The lowest BCUT2D eigenvalue weighted by Gasteiger charge is -2.07. The summed E-state index contributed by atoms with van der Waals surface area (Å²) < 4.78 is 0. The van der Waals surface area contributed by atoms with Crippen molar-refractivity contribution in [2.75, 3.05) is 5.32 Å². The Hall–Kier alpha value is -2.03. The highest BCUT2D eigenvalue weighted by atomic mass is 35.5. The fourth-order valence-electron chi connectivity index (χ4n) is 1.51. The maximum atomic E-state index is 11.0. The minimum Gasteiger partial charge on any atom is -0.379 e. The van der Waals surface area contributed by atoms with Gasteiger partial charge in [0.15, 0.2) is 0 Å². The molecule has 0 aliphatic carbocycles. The molecule has 6 heteroatoms. The van der Waals surface area contributed by atoms with Gasteiger partial charge in [0.1, 0.15) is 0 Å². The van der Waals surface area contributed by atoms with Crippen LogP contribution < -0.4 is 11.1 Å². The number of amides is 1. The van der Waals surface area contributed by atoms with Gasteiger partial charge in [0.2, 0.25) is 5.91 Å². The number of nitrogens with zero attached hydrogens (tertiary/aromatic N) is 1. The van der Waals surface area contributed by atoms with Crippen molar-refractivity contribution in [3.05, 3.63) is 50.7 Å². The summed E-state index contributed by atoms with van der Waals surface area (Å²) in [6.07, 6.45) is 0. The number of thiophene rings is 1. The van der Waals surface area contributed by atoms with E-state index in [9.17, 15) is 4.79 Å². The number of nitriles is 1. The highest BCUT2D eigenvalue weighted by Crippen LogP contribution is 2.24. The Labute approximate surface area is 119 Å². The lowest BCUT2D eigenvalue weighted by atomic mass is 10.2. The Bertz CT molecular complexity index is 660. The lowest BCUT2D eigenvalue weighted by Crippen LogP contribution is -2.09. The van der Waals surface area contributed by atoms with Gasteiger partial charge in [0, 0.05) is 16.8 Å². The van der Waals surface area contributed by atoms with Gasteiger partial charge < -0.3 is 11.1 Å². The van der Waals surface area contributed by atoms with Crippen molar-refractivity contribution in [2.24, 2.45) is 5.73 Å². The number of hydrogen-bond acceptors (Lipinski definition) is 4. The van der Waals surface area contributed by atoms with Crippen LogP contribution in [-0.2, 0) is 6.54 Å². The van der Waals surface area contributed by atoms with E-state index in [0.29, 0.717) is 22.7 Å². The number of primary amides is 1. The number of hydrogen-bond donors (Lipinski definition) is 2. The quantitative estimate of drug-likeness (QED) is 0.909. The second-order valence-corrected chi connectivity index (χ2v) is 5.23. The Kier molecular flexibility index (Phi) is 4.05. The monoisotopic (exact) mass is 291 g/mol. The molecule has 0 radical (unpaired) electrons. The van der Waals surface area contributed by atoms with Gasteiger partial charge in [0.25, 0.3) is 0 Å². The zero-order chi connectivity index (χ0) is 13.8. The molecule has 2 rings (SSSR count). The largest absolute Gasteiger partial charge is 0.379 e. The summed E-state index contributed by atoms with van der Waals surface area (Å²) in [5.41, 5.74) is 6.95. The second-order valence-electron chi connectivity index (χ2n) is 3.83. The van der Waals surface area contributed by atoms with E-state index < -0.39 is 5.91 Å². The molecular weight excluding hydrogens is 282 g/mol. The molecule has 0 aliphatic rings. The van der Waals surface area contributed by atoms with Crippen LogP contribution in [0.5, 0.6) is 0 Å². The first-order chi connectivity index (χ1) is 9.10. The fourth-order valence-corrected chi connectivity index (χ4v) is 2.57. The summed E-state index contributed by atoms with van der Waals surface area (Å²) in [6.45, 7) is 0.545. The number of nitrogens with two attached hydrogens (primary N) is 1. The summed E-state index contributed by atoms with van der Waals surface area (Å²) in [5.74, 6) is -0.432. The summed E-state index contributed by atoms with van der Waals surface area (Å²) in [4.78, 5) is 12.0. The number of rotatable bonds is 4. The molecule has 1 aromatic heterocycles. The van der Waals surface area contributed by atoms with Gasteiger partial charge in [-0.15, -0.1) is 11.3 Å². The second kappa shape index (κ2) is 5.74. The van der Waals surface area contributed by atoms with Crippen LogP contribution in [0.1, 0.15) is 20.8 Å². The van der Waals surface area contributed by atoms with Gasteiger partial charge in [-0.05, 0) is 24.3 Å². The summed E-state index contributed by atoms with van der Waals surface area (Å²) >= 11 is 7.50. The van der Waals surface area contributed by atoms with Crippen molar-refractivity contribution >= 4 is 34.5 Å². The molecule has 0 bridgehead atoms. The van der Waals surface area contributed by atoms with Crippen LogP contribution in [0.3, 0.4) is 0 Å². The first kappa shape index (κ1) is 13.4. The Balaban J connectivity index is 2.06. The fraction of sp³-hybridized carbons (Fsp3) is 0.0769. The maximum Gasteiger partial charge on any atom is 0.249 e. The van der Waals surface area contributed by atoms with Crippen LogP contribution >= 0.6 is 22.9 Å². The van der Waals surface area contributed by atoms with Crippen molar-refractivity contribution in [3.63, 3.8) is 0 Å². The first-order valence-corrected chi connectivity index (χ1v) is 6.66. The Morgan fingerprint density at radius 2 is 2.26 bits per heavy atom. The van der Waals surface area contributed by atoms with Crippen LogP contribution in [-0.4, -0.2) is 5.91 Å². The standard InChI is InChI=1S/C13H10ClN3OS/c14-11-3-8(5-15)1-2-12(11)17-6-10-4-9(7-19-10)13(16)18/h1-4,7,17H,6H2,(H2,16,18). The smallest absolute Gasteiger partial charge is 0.249 e. The van der Waals surface area contributed by atoms with Crippen LogP contribution in [0.2, 0.25) is 5.02 Å². The molecule has 0 aliphatic heterocycles. The van der Waals surface area contributed by atoms with E-state index in [4.69, 9.17) is 22.6 Å². The van der Waals surface area contributed by atoms with Crippen LogP contribution in [0.25, 0.3) is 0 Å². The van der Waals surface area contributed by atoms with Gasteiger partial charge in [-0.2, -0.15) is 5.26 Å². The maximum absolute atomic E-state index is 11.0. The average Bonchev–Trinajstić information content (AvgIpc) is 2.86. The highest BCUT2D eigenvalue weighted by Gasteiger charge is 2.06. The van der Waals surface area contributed by atoms with Crippen LogP contribution in [0.15, 0.2) is 29.6 Å². The van der Waals surface area contributed by atoms with Crippen LogP contribution in [0.4, 0.5) is 5.69 Å². The lowest BCUT2D eigenvalue weighted by molar-refractivity contribution is 0.100. The molecule has 1 amide bonds. The molecule has 19 heavy (non-hydrogen) atoms. The first-order valence-electron chi connectivity index (χ1n) is 5.41. The molecular formula is C13H10ClN3OS. The third-order valence-electron chi connectivity index (χ3n) is 2.49. The zero-order valence-corrected chi connectivity index (χ0v) is 11.4. The van der Waals surface area contributed by atoms with Crippen molar-refractivity contribution in [3.8, 4) is 6.07 Å². The minimum atomic E-state index is -0.432. The van der Waals surface area contributed by atoms with Crippen molar-refractivity contribution in [1.29, 1.82) is 5.26 Å². The van der Waals surface area contributed by atoms with E-state index in [1.54, 1.807) is 29.6 Å². The van der Waals surface area contributed by atoms with E-state index in [-0.39, 0.29) is 0 Å². The molecule has 4 nitrogen and oxygen atoms in total. The molecule has 2 aromatic rings. The van der Waals surface area contributed by atoms with Gasteiger partial charge >= 0.3 is 0 Å². The van der Waals surface area contributed by atoms with Gasteiger partial charge in [-0.3, -0.25) is 4.79 Å². The molecule has 0 spiro atoms. The minimum absolute atomic E-state index is 0.432. The van der Waals surface area contributed by atoms with Gasteiger partial charge in [0.05, 0.1) is 27.9 Å². The zero-order valence-electron chi connectivity index (χ0n) is 9.81. The number of carbonyl (C=O) groups is 1. The number of carbonyl (C=O) groups excluding carboxylic acids is 1. The summed E-state index contributed by atoms with van der Waals surface area (Å²) in [6, 6.07) is 8.82. The molecule has 1 heterocycles. The molecule has 0 unspecified atom stereocenters. The average molecular weight is 292 g/mol. The van der Waals surface area contributed by atoms with Crippen molar-refractivity contribution in [2.45, 2.75) is 6.54 Å². The van der Waals surface area contributed by atoms with Crippen LogP contribution in [0, 0.1) is 11.3 Å². The SMILES string of the molecule is N#Cc1ccc(NCc2cc(C(N)=O)cs2)c(Cl)c1. The molecule has 0 atom stereocenters. The Morgan fingerprint density at radius 3 is 2.84 bits per heavy atom. The summed E-state index contributed by atoms with van der Waals surface area (Å²) in [7, 11) is 0. The highest BCUT2D eigenvalue weighted by molar-refractivity contribution is 7.10. The number of benzene rings is 1. The molecule has 0 fully saturated rings. The normalized spacial score (nSPS) is 9.89. The van der Waals surface area contributed by atoms with E-state index in [2.05, 4.69) is 5.32 Å². The number of nitrogens with one attached hydrogen (secondary N) is 1. The van der Waals surface area contributed by atoms with E-state index in [1.807, 2.05) is 6.07 Å². The van der Waals surface area contributed by atoms with Crippen molar-refractivity contribution < 1.29 is 4.79 Å². The topological polar surface area (TPSA) is 78.9 Å². The summed E-state index contributed by atoms with van der Waals surface area (Å²) in [5, 5.41) is 14.1. The number of anilines is 1.